The Bertz CT molecular complexity index is 1220. The largest absolute Gasteiger partial charge is 0.497 e. The highest BCUT2D eigenvalue weighted by molar-refractivity contribution is 6.00. The second-order valence-corrected chi connectivity index (χ2v) is 6.89. The van der Waals surface area contributed by atoms with Crippen LogP contribution in [0.1, 0.15) is 5.82 Å². The minimum absolute atomic E-state index is 0.400. The zero-order valence-electron chi connectivity index (χ0n) is 18.3. The zero-order valence-corrected chi connectivity index (χ0v) is 18.3. The molecule has 2 aromatic carbocycles. The van der Waals surface area contributed by atoms with Gasteiger partial charge in [-0.05, 0) is 31.2 Å². The number of imidazole rings is 1. The molecule has 0 spiro atoms. The number of anilines is 2. The summed E-state index contributed by atoms with van der Waals surface area (Å²) in [6.45, 7) is 1.79. The maximum Gasteiger partial charge on any atom is 0.323 e. The molecule has 0 aliphatic carbocycles. The number of ether oxygens (including phenoxy) is 3. The molecule has 0 aliphatic rings. The van der Waals surface area contributed by atoms with Gasteiger partial charge in [0.1, 0.15) is 35.2 Å². The molecule has 0 radical (unpaired) electrons. The molecule has 2 heterocycles. The van der Waals surface area contributed by atoms with Gasteiger partial charge in [0.05, 0.1) is 14.2 Å². The lowest BCUT2D eigenvalue weighted by Gasteiger charge is -2.11. The molecule has 33 heavy (non-hydrogen) atoms. The Kier molecular flexibility index (Phi) is 6.35. The summed E-state index contributed by atoms with van der Waals surface area (Å²) in [5, 5.41) is 5.52. The van der Waals surface area contributed by atoms with Gasteiger partial charge in [-0.2, -0.15) is 4.98 Å². The van der Waals surface area contributed by atoms with E-state index in [9.17, 15) is 4.79 Å². The first kappa shape index (κ1) is 21.6. The summed E-state index contributed by atoms with van der Waals surface area (Å²) in [5.74, 6) is 3.33. The summed E-state index contributed by atoms with van der Waals surface area (Å²) in [5.41, 5.74) is 1.13. The van der Waals surface area contributed by atoms with E-state index in [-0.39, 0.29) is 0 Å². The van der Waals surface area contributed by atoms with Gasteiger partial charge in [-0.3, -0.25) is 4.57 Å². The third-order valence-corrected chi connectivity index (χ3v) is 4.51. The van der Waals surface area contributed by atoms with E-state index in [4.69, 9.17) is 14.2 Å². The molecule has 0 aliphatic heterocycles. The van der Waals surface area contributed by atoms with E-state index >= 15 is 0 Å². The molecule has 4 aromatic rings. The van der Waals surface area contributed by atoms with Gasteiger partial charge in [0.25, 0.3) is 0 Å². The normalized spacial score (nSPS) is 10.4. The fraction of sp³-hybridized carbons (Fsp3) is 0.130. The number of carbonyl (C=O) groups is 1. The summed E-state index contributed by atoms with van der Waals surface area (Å²) in [6.07, 6.45) is 5.11. The molecule has 0 atom stereocenters. The summed E-state index contributed by atoms with van der Waals surface area (Å²) in [4.78, 5) is 25.1. The number of amides is 2. The van der Waals surface area contributed by atoms with Gasteiger partial charge in [-0.15, -0.1) is 0 Å². The van der Waals surface area contributed by atoms with Crippen LogP contribution < -0.4 is 24.8 Å². The van der Waals surface area contributed by atoms with Crippen molar-refractivity contribution in [3.05, 3.63) is 73.1 Å². The first-order valence-electron chi connectivity index (χ1n) is 9.95. The Morgan fingerprint density at radius 3 is 2.21 bits per heavy atom. The number of nitrogens with one attached hydrogen (secondary N) is 2. The summed E-state index contributed by atoms with van der Waals surface area (Å²) >= 11 is 0. The Morgan fingerprint density at radius 2 is 1.58 bits per heavy atom. The fourth-order valence-electron chi connectivity index (χ4n) is 3.00. The second-order valence-electron chi connectivity index (χ2n) is 6.89. The summed E-state index contributed by atoms with van der Waals surface area (Å²) < 4.78 is 18.1. The van der Waals surface area contributed by atoms with Crippen LogP contribution >= 0.6 is 0 Å². The van der Waals surface area contributed by atoms with Crippen LogP contribution in [0.4, 0.5) is 16.2 Å². The molecule has 0 bridgehead atoms. The van der Waals surface area contributed by atoms with Crippen LogP contribution in [0.15, 0.2) is 67.3 Å². The number of nitrogens with zero attached hydrogens (tertiary/aromatic N) is 4. The van der Waals surface area contributed by atoms with Gasteiger partial charge < -0.3 is 24.8 Å². The maximum atomic E-state index is 12.4. The molecule has 0 saturated heterocycles. The fourth-order valence-corrected chi connectivity index (χ4v) is 3.00. The highest BCUT2D eigenvalue weighted by Gasteiger charge is 2.09. The molecule has 10 nitrogen and oxygen atoms in total. The molecular formula is C23H22N6O4. The number of hydrogen-bond acceptors (Lipinski definition) is 7. The Morgan fingerprint density at radius 1 is 0.879 bits per heavy atom. The quantitative estimate of drug-likeness (QED) is 0.432. The summed E-state index contributed by atoms with van der Waals surface area (Å²) in [6, 6.07) is 13.3. The zero-order chi connectivity index (χ0) is 23.2. The Balaban J connectivity index is 1.40. The molecule has 4 rings (SSSR count). The number of rotatable bonds is 7. The molecule has 0 fully saturated rings. The lowest BCUT2D eigenvalue weighted by molar-refractivity contribution is 0.262. The first-order chi connectivity index (χ1) is 16.0. The van der Waals surface area contributed by atoms with Crippen LogP contribution in [-0.4, -0.2) is 39.8 Å². The van der Waals surface area contributed by atoms with Crippen molar-refractivity contribution in [2.75, 3.05) is 24.9 Å². The SMILES string of the molecule is COc1cc(NC(=O)Nc2ccc(Oc3cc(-n4ccnc4)nc(C)n3)cc2)cc(OC)c1. The maximum absolute atomic E-state index is 12.4. The van der Waals surface area contributed by atoms with E-state index in [1.807, 2.05) is 0 Å². The molecule has 0 unspecified atom stereocenters. The molecule has 2 aromatic heterocycles. The average molecular weight is 446 g/mol. The molecule has 2 N–H and O–H groups in total. The van der Waals surface area contributed by atoms with Crippen molar-refractivity contribution < 1.29 is 19.0 Å². The van der Waals surface area contributed by atoms with E-state index in [1.165, 1.54) is 0 Å². The van der Waals surface area contributed by atoms with Gasteiger partial charge in [0.2, 0.25) is 5.88 Å². The number of hydrogen-bond donors (Lipinski definition) is 2. The number of methoxy groups -OCH3 is 2. The van der Waals surface area contributed by atoms with E-state index < -0.39 is 6.03 Å². The minimum atomic E-state index is -0.407. The number of carbonyl (C=O) groups excluding carboxylic acids is 1. The van der Waals surface area contributed by atoms with Gasteiger partial charge in [0.15, 0.2) is 0 Å². The van der Waals surface area contributed by atoms with Gasteiger partial charge >= 0.3 is 6.03 Å². The Labute approximate surface area is 190 Å². The van der Waals surface area contributed by atoms with Crippen LogP contribution in [-0.2, 0) is 0 Å². The molecule has 168 valence electrons. The molecular weight excluding hydrogens is 424 g/mol. The highest BCUT2D eigenvalue weighted by atomic mass is 16.5. The van der Waals surface area contributed by atoms with E-state index in [2.05, 4.69) is 25.6 Å². The Hall–Kier alpha value is -4.60. The average Bonchev–Trinajstić information content (AvgIpc) is 3.35. The number of urea groups is 1. The number of aromatic nitrogens is 4. The monoisotopic (exact) mass is 446 g/mol. The van der Waals surface area contributed by atoms with Crippen LogP contribution in [0.5, 0.6) is 23.1 Å². The van der Waals surface area contributed by atoms with Crippen molar-refractivity contribution in [2.45, 2.75) is 6.92 Å². The van der Waals surface area contributed by atoms with Crippen molar-refractivity contribution >= 4 is 17.4 Å². The third-order valence-electron chi connectivity index (χ3n) is 4.51. The highest BCUT2D eigenvalue weighted by Crippen LogP contribution is 2.26. The molecule has 2 amide bonds. The number of aryl methyl sites for hydroxylation is 1. The van der Waals surface area contributed by atoms with E-state index in [0.717, 1.165) is 0 Å². The van der Waals surface area contributed by atoms with Crippen molar-refractivity contribution in [1.29, 1.82) is 0 Å². The van der Waals surface area contributed by atoms with Gasteiger partial charge in [0, 0.05) is 48.0 Å². The smallest absolute Gasteiger partial charge is 0.323 e. The van der Waals surface area contributed by atoms with Crippen molar-refractivity contribution in [3.8, 4) is 28.9 Å². The van der Waals surface area contributed by atoms with Crippen LogP contribution in [0.25, 0.3) is 5.82 Å². The third kappa shape index (κ3) is 5.56. The van der Waals surface area contributed by atoms with E-state index in [1.54, 1.807) is 93.0 Å². The number of benzene rings is 2. The van der Waals surface area contributed by atoms with Gasteiger partial charge in [-0.25, -0.2) is 14.8 Å². The standard InChI is InChI=1S/C23H22N6O4/c1-15-25-21(29-9-8-24-14-29)13-22(26-15)33-18-6-4-16(5-7-18)27-23(30)28-17-10-19(31-2)12-20(11-17)32-3/h4-14H,1-3H3,(H2,27,28,30). The van der Waals surface area contributed by atoms with Crippen LogP contribution in [0.2, 0.25) is 0 Å². The molecule has 0 saturated carbocycles. The van der Waals surface area contributed by atoms with Crippen molar-refractivity contribution in [1.82, 2.24) is 19.5 Å². The predicted molar refractivity (Wildman–Crippen MR) is 123 cm³/mol. The first-order valence-corrected chi connectivity index (χ1v) is 9.95. The van der Waals surface area contributed by atoms with Crippen LogP contribution in [0, 0.1) is 6.92 Å². The summed E-state index contributed by atoms with van der Waals surface area (Å²) in [7, 11) is 3.09. The van der Waals surface area contributed by atoms with Crippen molar-refractivity contribution in [2.24, 2.45) is 0 Å². The lowest BCUT2D eigenvalue weighted by Crippen LogP contribution is -2.19. The predicted octanol–water partition coefficient (Wildman–Crippen LogP) is 4.42. The second kappa shape index (κ2) is 9.69. The van der Waals surface area contributed by atoms with Crippen LogP contribution in [0.3, 0.4) is 0 Å². The topological polar surface area (TPSA) is 112 Å². The minimum Gasteiger partial charge on any atom is -0.497 e. The molecule has 10 heteroatoms. The lowest BCUT2D eigenvalue weighted by atomic mass is 10.2. The van der Waals surface area contributed by atoms with Gasteiger partial charge in [-0.1, -0.05) is 0 Å². The van der Waals surface area contributed by atoms with E-state index in [0.29, 0.717) is 46.1 Å². The van der Waals surface area contributed by atoms with Crippen molar-refractivity contribution in [3.63, 3.8) is 0 Å².